The number of methoxy groups -OCH3 is 2. The van der Waals surface area contributed by atoms with Crippen molar-refractivity contribution in [3.63, 3.8) is 0 Å². The van der Waals surface area contributed by atoms with Gasteiger partial charge >= 0.3 is 5.97 Å². The van der Waals surface area contributed by atoms with Gasteiger partial charge < -0.3 is 24.4 Å². The number of benzene rings is 1. The highest BCUT2D eigenvalue weighted by atomic mass is 16.5. The zero-order valence-corrected chi connectivity index (χ0v) is 24.7. The lowest BCUT2D eigenvalue weighted by Crippen LogP contribution is -2.58. The van der Waals surface area contributed by atoms with Gasteiger partial charge in [-0.2, -0.15) is 0 Å². The lowest BCUT2D eigenvalue weighted by Gasteiger charge is -2.62. The molecule has 5 rings (SSSR count). The fraction of sp³-hybridized carbons (Fsp3) is 0.788. The van der Waals surface area contributed by atoms with Crippen LogP contribution in [0, 0.1) is 46.3 Å². The highest BCUT2D eigenvalue weighted by molar-refractivity contribution is 5.69. The van der Waals surface area contributed by atoms with Crippen LogP contribution >= 0.6 is 0 Å². The number of carbonyl (C=O) groups is 1. The largest absolute Gasteiger partial charge is 0.497 e. The van der Waals surface area contributed by atoms with Crippen molar-refractivity contribution in [1.82, 2.24) is 0 Å². The van der Waals surface area contributed by atoms with Gasteiger partial charge in [0.05, 0.1) is 26.4 Å². The SMILES string of the molecule is COc1cc(COC(=O)CC[C@@H](C)[C@H]2CC[C@H]3[C@@H]4[C@H](O)C[C@@H]5C[C@H](O)CC[C@]5(C)[C@H]4CC[C@]23C)cc(OC)c1. The van der Waals surface area contributed by atoms with Crippen molar-refractivity contribution < 1.29 is 29.2 Å². The van der Waals surface area contributed by atoms with Crippen LogP contribution in [-0.4, -0.2) is 42.6 Å². The van der Waals surface area contributed by atoms with E-state index in [0.717, 1.165) is 37.7 Å². The van der Waals surface area contributed by atoms with Gasteiger partial charge in [0.15, 0.2) is 0 Å². The standard InChI is InChI=1S/C33H50O6/c1-20(6-9-30(36)39-19-21-14-24(37-4)18-25(15-21)38-5)26-7-8-27-31-28(11-13-33(26,27)3)32(2)12-10-23(34)16-22(32)17-29(31)35/h14-15,18,20,22-23,26-29,31,34-35H,6-13,16-17,19H2,1-5H3/t20-,22+,23-,26-,27+,28+,29-,31+,32+,33-/m1/s1. The number of esters is 1. The van der Waals surface area contributed by atoms with E-state index in [1.807, 2.05) is 12.1 Å². The van der Waals surface area contributed by atoms with Gasteiger partial charge in [0.1, 0.15) is 18.1 Å². The maximum absolute atomic E-state index is 12.7. The van der Waals surface area contributed by atoms with Crippen LogP contribution in [-0.2, 0) is 16.1 Å². The first-order chi connectivity index (χ1) is 18.6. The first kappa shape index (κ1) is 28.7. The van der Waals surface area contributed by atoms with Crippen molar-refractivity contribution >= 4 is 5.97 Å². The predicted octanol–water partition coefficient (Wildman–Crippen LogP) is 6.15. The fourth-order valence-electron chi connectivity index (χ4n) is 9.91. The Bertz CT molecular complexity index is 1000. The Morgan fingerprint density at radius 3 is 2.31 bits per heavy atom. The van der Waals surface area contributed by atoms with Crippen LogP contribution in [0.25, 0.3) is 0 Å². The summed E-state index contributed by atoms with van der Waals surface area (Å²) in [4.78, 5) is 12.7. The minimum atomic E-state index is -0.248. The van der Waals surface area contributed by atoms with Gasteiger partial charge in [0, 0.05) is 12.5 Å². The van der Waals surface area contributed by atoms with E-state index in [9.17, 15) is 15.0 Å². The van der Waals surface area contributed by atoms with E-state index in [1.54, 1.807) is 20.3 Å². The van der Waals surface area contributed by atoms with E-state index >= 15 is 0 Å². The molecule has 6 heteroatoms. The summed E-state index contributed by atoms with van der Waals surface area (Å²) in [7, 11) is 3.22. The Balaban J connectivity index is 1.18. The highest BCUT2D eigenvalue weighted by Crippen LogP contribution is 2.68. The molecule has 0 heterocycles. The molecule has 4 fully saturated rings. The van der Waals surface area contributed by atoms with Gasteiger partial charge in [-0.1, -0.05) is 20.8 Å². The second-order valence-electron chi connectivity index (χ2n) is 13.9. The topological polar surface area (TPSA) is 85.2 Å². The van der Waals surface area contributed by atoms with Gasteiger partial charge in [-0.3, -0.25) is 4.79 Å². The summed E-state index contributed by atoms with van der Waals surface area (Å²) in [6.45, 7) is 7.49. The van der Waals surface area contributed by atoms with Crippen molar-refractivity contribution in [2.45, 2.75) is 104 Å². The first-order valence-electron chi connectivity index (χ1n) is 15.3. The molecule has 10 atom stereocenters. The number of fused-ring (bicyclic) bond motifs is 5. The summed E-state index contributed by atoms with van der Waals surface area (Å²) in [6, 6.07) is 5.54. The van der Waals surface area contributed by atoms with Gasteiger partial charge in [-0.25, -0.2) is 0 Å². The molecule has 0 unspecified atom stereocenters. The molecule has 39 heavy (non-hydrogen) atoms. The quantitative estimate of drug-likeness (QED) is 0.383. The highest BCUT2D eigenvalue weighted by Gasteiger charge is 2.62. The van der Waals surface area contributed by atoms with E-state index < -0.39 is 0 Å². The second kappa shape index (κ2) is 11.2. The average Bonchev–Trinajstić information content (AvgIpc) is 3.28. The molecule has 218 valence electrons. The van der Waals surface area contributed by atoms with Crippen LogP contribution in [0.5, 0.6) is 11.5 Å². The van der Waals surface area contributed by atoms with Gasteiger partial charge in [0.25, 0.3) is 0 Å². The number of aliphatic hydroxyl groups excluding tert-OH is 2. The summed E-state index contributed by atoms with van der Waals surface area (Å²) in [6.07, 6.45) is 9.33. The molecule has 1 aromatic carbocycles. The number of hydrogen-bond acceptors (Lipinski definition) is 6. The molecule has 0 bridgehead atoms. The third-order valence-corrected chi connectivity index (χ3v) is 12.0. The Morgan fingerprint density at radius 2 is 1.62 bits per heavy atom. The molecule has 4 aliphatic rings. The summed E-state index contributed by atoms with van der Waals surface area (Å²) in [5, 5.41) is 21.8. The normalized spacial score (nSPS) is 40.1. The lowest BCUT2D eigenvalue weighted by molar-refractivity contribution is -0.174. The van der Waals surface area contributed by atoms with Crippen LogP contribution in [0.3, 0.4) is 0 Å². The zero-order chi connectivity index (χ0) is 27.9. The van der Waals surface area contributed by atoms with Crippen molar-refractivity contribution in [3.8, 4) is 11.5 Å². The van der Waals surface area contributed by atoms with Crippen molar-refractivity contribution in [2.75, 3.05) is 14.2 Å². The molecule has 0 radical (unpaired) electrons. The van der Waals surface area contributed by atoms with Crippen molar-refractivity contribution in [2.24, 2.45) is 46.3 Å². The minimum Gasteiger partial charge on any atom is -0.497 e. The van der Waals surface area contributed by atoms with Crippen LogP contribution in [0.15, 0.2) is 18.2 Å². The Kier molecular flexibility index (Phi) is 8.28. The molecule has 4 saturated carbocycles. The molecular weight excluding hydrogens is 492 g/mol. The van der Waals surface area contributed by atoms with Gasteiger partial charge in [-0.05, 0) is 122 Å². The summed E-state index contributed by atoms with van der Waals surface area (Å²) < 4.78 is 16.3. The molecule has 6 nitrogen and oxygen atoms in total. The Hall–Kier alpha value is -1.79. The number of aliphatic hydroxyl groups is 2. The molecule has 1 aromatic rings. The van der Waals surface area contributed by atoms with E-state index in [-0.39, 0.29) is 35.6 Å². The number of carbonyl (C=O) groups excluding carboxylic acids is 1. The van der Waals surface area contributed by atoms with Crippen LogP contribution in [0.4, 0.5) is 0 Å². The molecule has 0 saturated heterocycles. The van der Waals surface area contributed by atoms with Crippen LogP contribution in [0.1, 0.15) is 90.5 Å². The summed E-state index contributed by atoms with van der Waals surface area (Å²) in [5.41, 5.74) is 1.33. The maximum Gasteiger partial charge on any atom is 0.306 e. The Labute approximate surface area is 234 Å². The van der Waals surface area contributed by atoms with E-state index in [0.29, 0.717) is 53.4 Å². The number of ether oxygens (including phenoxy) is 3. The minimum absolute atomic E-state index is 0.159. The van der Waals surface area contributed by atoms with Gasteiger partial charge in [-0.15, -0.1) is 0 Å². The molecular formula is C33H50O6. The van der Waals surface area contributed by atoms with Gasteiger partial charge in [0.2, 0.25) is 0 Å². The number of hydrogen-bond donors (Lipinski definition) is 2. The maximum atomic E-state index is 12.7. The lowest BCUT2D eigenvalue weighted by atomic mass is 9.43. The predicted molar refractivity (Wildman–Crippen MR) is 150 cm³/mol. The molecule has 4 aliphatic carbocycles. The van der Waals surface area contributed by atoms with Crippen LogP contribution < -0.4 is 9.47 Å². The smallest absolute Gasteiger partial charge is 0.306 e. The van der Waals surface area contributed by atoms with Crippen molar-refractivity contribution in [3.05, 3.63) is 23.8 Å². The second-order valence-corrected chi connectivity index (χ2v) is 13.9. The molecule has 0 amide bonds. The zero-order valence-electron chi connectivity index (χ0n) is 24.7. The molecule has 0 aromatic heterocycles. The molecule has 0 spiro atoms. The average molecular weight is 543 g/mol. The Morgan fingerprint density at radius 1 is 0.949 bits per heavy atom. The third kappa shape index (κ3) is 5.32. The first-order valence-corrected chi connectivity index (χ1v) is 15.3. The van der Waals surface area contributed by atoms with E-state index in [2.05, 4.69) is 20.8 Å². The van der Waals surface area contributed by atoms with E-state index in [4.69, 9.17) is 14.2 Å². The van der Waals surface area contributed by atoms with E-state index in [1.165, 1.54) is 25.7 Å². The number of rotatable bonds is 8. The summed E-state index contributed by atoms with van der Waals surface area (Å²) in [5.74, 6) is 4.16. The third-order valence-electron chi connectivity index (χ3n) is 12.0. The van der Waals surface area contributed by atoms with Crippen molar-refractivity contribution in [1.29, 1.82) is 0 Å². The molecule has 2 N–H and O–H groups in total. The monoisotopic (exact) mass is 542 g/mol. The van der Waals surface area contributed by atoms with Crippen LogP contribution in [0.2, 0.25) is 0 Å². The summed E-state index contributed by atoms with van der Waals surface area (Å²) >= 11 is 0. The fourth-order valence-corrected chi connectivity index (χ4v) is 9.91. The molecule has 0 aliphatic heterocycles.